The normalized spacial score (nSPS) is 20.5. The van der Waals surface area contributed by atoms with Crippen LogP contribution < -0.4 is 47.6 Å². The number of carbonyl (C=O) groups is 5. The second-order valence-corrected chi connectivity index (χ2v) is 26.7. The smallest absolute Gasteiger partial charge is 0.405 e. The molecule has 0 unspecified atom stereocenters. The van der Waals surface area contributed by atoms with Crippen molar-refractivity contribution in [2.45, 2.75) is 101 Å². The number of nitrogens with two attached hydrogens (primary N) is 2. The summed E-state index contributed by atoms with van der Waals surface area (Å²) in [5.74, 6) is -2.56. The van der Waals surface area contributed by atoms with Crippen LogP contribution in [0, 0.1) is 27.2 Å². The number of primary amides is 1. The number of benzene rings is 4. The first-order valence-corrected chi connectivity index (χ1v) is 34.0. The molecule has 2 aromatic heterocycles. The summed E-state index contributed by atoms with van der Waals surface area (Å²) in [6.45, 7) is 8.21. The minimum absolute atomic E-state index is 0.00118. The first-order chi connectivity index (χ1) is 47.0. The Morgan fingerprint density at radius 3 is 2.44 bits per heavy atom. The van der Waals surface area contributed by atoms with Crippen molar-refractivity contribution in [3.63, 3.8) is 0 Å². The molecule has 3 aromatic carbocycles. The molecular formula is C70H77IN10O15S2. The van der Waals surface area contributed by atoms with Crippen molar-refractivity contribution in [2.75, 3.05) is 51.2 Å². The molecule has 13 N–H and O–H groups in total. The molecule has 98 heavy (non-hydrogen) atoms. The quantitative estimate of drug-likeness (QED) is 0.00951. The Morgan fingerprint density at radius 2 is 1.70 bits per heavy atom. The highest BCUT2D eigenvalue weighted by Gasteiger charge is 2.34. The van der Waals surface area contributed by atoms with Crippen LogP contribution in [-0.2, 0) is 25.7 Å². The first-order valence-electron chi connectivity index (χ1n) is 31.7. The maximum Gasteiger partial charge on any atom is 0.405 e. The van der Waals surface area contributed by atoms with Gasteiger partial charge in [-0.2, -0.15) is 0 Å². The van der Waals surface area contributed by atoms with Crippen LogP contribution in [0.3, 0.4) is 0 Å². The summed E-state index contributed by atoms with van der Waals surface area (Å²) >= 11 is 9.29. The van der Waals surface area contributed by atoms with Crippen LogP contribution in [0.25, 0.3) is 44.6 Å². The maximum absolute atomic E-state index is 13.7. The van der Waals surface area contributed by atoms with Gasteiger partial charge in [-0.05, 0) is 166 Å². The van der Waals surface area contributed by atoms with Crippen LogP contribution in [0.5, 0.6) is 17.2 Å². The van der Waals surface area contributed by atoms with Crippen molar-refractivity contribution >= 4 is 115 Å². The first kappa shape index (κ1) is 73.2. The number of phenolic OH excluding ortho intramolecular Hbond substituents is 1. The molecule has 0 fully saturated rings. The fourth-order valence-electron chi connectivity index (χ4n) is 12.0. The zero-order valence-electron chi connectivity index (χ0n) is 54.4. The number of nitrogen functional groups attached to an aromatic ring is 1. The highest BCUT2D eigenvalue weighted by Crippen LogP contribution is 2.44. The van der Waals surface area contributed by atoms with Crippen LogP contribution in [-0.4, -0.2) is 132 Å². The molecule has 5 heterocycles. The lowest BCUT2D eigenvalue weighted by Gasteiger charge is -2.30. The predicted octanol–water partition coefficient (Wildman–Crippen LogP) is 9.32. The summed E-state index contributed by atoms with van der Waals surface area (Å²) < 4.78 is 25.3. The number of amides is 2. The number of aromatic carboxylic acids is 1. The van der Waals surface area contributed by atoms with Gasteiger partial charge in [0.2, 0.25) is 12.6 Å². The lowest BCUT2D eigenvalue weighted by molar-refractivity contribution is -0.120. The van der Waals surface area contributed by atoms with Crippen LogP contribution in [0.4, 0.5) is 16.3 Å². The number of hydrogen-bond donors (Lipinski definition) is 11. The van der Waals surface area contributed by atoms with Crippen molar-refractivity contribution in [1.29, 1.82) is 0 Å². The number of imidazole rings is 1. The predicted molar refractivity (Wildman–Crippen MR) is 383 cm³/mol. The van der Waals surface area contributed by atoms with Gasteiger partial charge in [0, 0.05) is 103 Å². The van der Waals surface area contributed by atoms with Crippen molar-refractivity contribution < 1.29 is 68.1 Å². The lowest BCUT2D eigenvalue weighted by atomic mass is 9.79. The number of Topliss-reactive ketones (excluding diaryl/α,β-unsaturated/α-hetero) is 1. The number of aromatic nitrogens is 4. The number of allylic oxidation sites excluding steroid dienone is 5. The van der Waals surface area contributed by atoms with Crippen LogP contribution in [0.15, 0.2) is 151 Å². The van der Waals surface area contributed by atoms with Crippen LogP contribution >= 0.6 is 46.6 Å². The van der Waals surface area contributed by atoms with Crippen molar-refractivity contribution in [3.05, 3.63) is 151 Å². The summed E-state index contributed by atoms with van der Waals surface area (Å²) in [5.41, 5.74) is 16.1. The van der Waals surface area contributed by atoms with E-state index >= 15 is 0 Å². The Labute approximate surface area is 587 Å². The molecule has 0 radical (unpaired) electrons. The molecule has 5 aliphatic rings. The molecule has 2 bridgehead atoms. The molecule has 2 aliphatic carbocycles. The Hall–Kier alpha value is -9.04. The Kier molecular flexibility index (Phi) is 25.0. The Bertz CT molecular complexity index is 4390. The number of ether oxygens (including phenoxy) is 3. The number of aryl methyl sites for hydroxylation is 1. The minimum Gasteiger partial charge on any atom is -0.508 e. The number of fused-ring (bicyclic) bond motifs is 6. The molecule has 0 saturated carbocycles. The van der Waals surface area contributed by atoms with Gasteiger partial charge < -0.3 is 81.5 Å². The van der Waals surface area contributed by atoms with E-state index in [1.165, 1.54) is 66.6 Å². The number of anilines is 2. The molecule has 28 heteroatoms. The molecule has 3 aliphatic heterocycles. The van der Waals surface area contributed by atoms with Crippen LogP contribution in [0.1, 0.15) is 83.0 Å². The van der Waals surface area contributed by atoms with Crippen LogP contribution in [0.2, 0.25) is 0 Å². The van der Waals surface area contributed by atoms with Gasteiger partial charge in [-0.1, -0.05) is 62.4 Å². The summed E-state index contributed by atoms with van der Waals surface area (Å²) in [4.78, 5) is 90.9. The molecule has 0 saturated heterocycles. The van der Waals surface area contributed by atoms with E-state index in [9.17, 15) is 54.3 Å². The minimum atomic E-state index is -1.16. The van der Waals surface area contributed by atoms with Gasteiger partial charge in [0.05, 0.1) is 24.0 Å². The van der Waals surface area contributed by atoms with Gasteiger partial charge in [0.1, 0.15) is 29.5 Å². The van der Waals surface area contributed by atoms with Gasteiger partial charge in [0.25, 0.3) is 5.91 Å². The average molecular weight is 1490 g/mol. The number of aliphatic hydroxyl groups is 3. The zero-order chi connectivity index (χ0) is 70.5. The van der Waals surface area contributed by atoms with E-state index in [-0.39, 0.29) is 71.1 Å². The number of carboxylic acid groups (broad SMARTS) is 1. The molecule has 2 amide bonds. The summed E-state index contributed by atoms with van der Waals surface area (Å²) in [6, 6.07) is 17.7. The number of halogens is 1. The second-order valence-electron chi connectivity index (χ2n) is 24.1. The fraction of sp³-hybridized carbons (Fsp3) is 0.343. The highest BCUT2D eigenvalue weighted by molar-refractivity contribution is 14.1. The number of carbonyl (C=O) groups excluding carboxylic acids is 4. The number of aliphatic hydroxyl groups excluding tert-OH is 3. The molecule has 6 atom stereocenters. The fourth-order valence-corrected chi connectivity index (χ4v) is 13.9. The highest BCUT2D eigenvalue weighted by atomic mass is 127. The number of unbranched alkanes of at least 4 members (excludes halogenated alkanes) is 2. The number of nitrogens with one attached hydrogen (secondary N) is 4. The Balaban J connectivity index is 0.000000233. The van der Waals surface area contributed by atoms with Gasteiger partial charge in [-0.25, -0.2) is 24.5 Å². The van der Waals surface area contributed by atoms with Gasteiger partial charge in [-0.3, -0.25) is 19.2 Å². The number of nitrogens with zero attached hydrogens (tertiary/aromatic N) is 4. The average Bonchev–Trinajstić information content (AvgIpc) is 0.954. The van der Waals surface area contributed by atoms with E-state index in [1.807, 2.05) is 30.7 Å². The van der Waals surface area contributed by atoms with Crippen molar-refractivity contribution in [3.8, 4) is 39.7 Å². The third kappa shape index (κ3) is 17.8. The van der Waals surface area contributed by atoms with E-state index < -0.39 is 60.3 Å². The number of aromatic hydroxyl groups is 1. The number of hydrogen-bond acceptors (Lipinski definition) is 21. The van der Waals surface area contributed by atoms with Crippen molar-refractivity contribution in [2.24, 2.45) is 29.4 Å². The van der Waals surface area contributed by atoms with Gasteiger partial charge in [-0.15, -0.1) is 0 Å². The molecule has 516 valence electrons. The van der Waals surface area contributed by atoms with E-state index in [0.29, 0.717) is 115 Å². The summed E-state index contributed by atoms with van der Waals surface area (Å²) in [7, 11) is 1.88. The second kappa shape index (κ2) is 33.5. The molecule has 0 spiro atoms. The van der Waals surface area contributed by atoms with Gasteiger partial charge in [0.15, 0.2) is 50.0 Å². The monoisotopic (exact) mass is 1490 g/mol. The molecule has 5 aromatic rings. The number of phenols is 1. The molecule has 25 nitrogen and oxygen atoms in total. The number of carboxylic acids is 1. The number of rotatable bonds is 18. The topological polar surface area (TPSA) is 388 Å². The van der Waals surface area contributed by atoms with E-state index in [1.54, 1.807) is 57.2 Å². The number of ketones is 2. The number of thiocarbonyl (C=S) groups is 1. The SMILES string of the molecule is CNCCCCCC1=C2C[C@@H](C)C[C@H](CO)[C@H](O)[C@@H](C)/C=C(\C)[C@H](OC(N)=O)[C@@H](CO)/C=C\C=C(/C)C(=O)NC(=CC1=O)C2=O.Nc1ncnc2c1nc(Sc1cc3c(cc1I)OCO3)n2CCCNC(=S)Nc1ccc(-c2c3ccc(=O)cc-3oc3cc(O)ccc23)c(C(=O)O)c1. The largest absolute Gasteiger partial charge is 0.508 e. The third-order valence-electron chi connectivity index (χ3n) is 16.9. The Morgan fingerprint density at radius 1 is 0.939 bits per heavy atom. The third-order valence-corrected chi connectivity index (χ3v) is 19.5. The van der Waals surface area contributed by atoms with Gasteiger partial charge >= 0.3 is 12.1 Å². The standard InChI is InChI=1S/C36H26IN7O7S2.C34H51N3O8/c37-24-13-27-28(50-16-49-27)14-29(24)53-36-43-31-32(38)40-15-41-33(31)44(36)9-1-8-39-35(52)42-17-2-5-20(23(10-17)34(47)48)30-21-6-3-18(45)11-25(21)51-26-12-19(46)4-7-22(26)30;1-20-14-25(19-39)30(41)22(3)16-23(4)32(45-34(35)44)24(18-38)11-9-10-21(2)33(43)37-28-17-29(40)26(27(15-20)31(28)42)12-7-6-8-13-36-5/h2-7,10-15,45H,1,8-9,16H2,(H,47,48)(H2,38,40,41)(H2,39,42,52);9-11,16-17,20,22,24-25,30,32,36,38-39,41H,6-8,12-15,18-19H2,1-5H3,(H2,35,44)(H,37,43)/b;11-9-,21-10+,23-16+/t;20-,22-,24+,25+,30+,32-/m.0/s1. The maximum atomic E-state index is 13.7. The zero-order valence-corrected chi connectivity index (χ0v) is 58.2. The summed E-state index contributed by atoms with van der Waals surface area (Å²) in [5, 5.41) is 65.6. The molecular weight excluding hydrogens is 1410 g/mol. The van der Waals surface area contributed by atoms with E-state index in [2.05, 4.69) is 53.8 Å². The molecule has 10 rings (SSSR count). The van der Waals surface area contributed by atoms with E-state index in [0.717, 1.165) is 34.3 Å². The van der Waals surface area contributed by atoms with E-state index in [4.69, 9.17) is 47.3 Å². The lowest BCUT2D eigenvalue weighted by Crippen LogP contribution is -2.34. The van der Waals surface area contributed by atoms with Crippen molar-refractivity contribution in [1.82, 2.24) is 35.5 Å². The summed E-state index contributed by atoms with van der Waals surface area (Å²) in [6.07, 6.45) is 10.1.